The van der Waals surface area contributed by atoms with Gasteiger partial charge in [-0.15, -0.1) is 0 Å². The molecule has 4 aliphatic rings. The highest BCUT2D eigenvalue weighted by Crippen LogP contribution is 2.39. The van der Waals surface area contributed by atoms with E-state index in [0.29, 0.717) is 48.6 Å². The maximum absolute atomic E-state index is 14.6. The quantitative estimate of drug-likeness (QED) is 0.220. The van der Waals surface area contributed by atoms with Gasteiger partial charge in [0.25, 0.3) is 0 Å². The molecule has 2 unspecified atom stereocenters. The van der Waals surface area contributed by atoms with Crippen molar-refractivity contribution in [3.8, 4) is 22.6 Å². The Labute approximate surface area is 330 Å². The zero-order valence-corrected chi connectivity index (χ0v) is 33.7. The van der Waals surface area contributed by atoms with E-state index < -0.39 is 27.8 Å². The van der Waals surface area contributed by atoms with Crippen molar-refractivity contribution in [1.29, 1.82) is 0 Å². The molecule has 0 spiro atoms. The summed E-state index contributed by atoms with van der Waals surface area (Å²) in [4.78, 5) is 29.3. The monoisotopic (exact) mass is 791 g/mol. The predicted octanol–water partition coefficient (Wildman–Crippen LogP) is 8.33. The second-order valence-electron chi connectivity index (χ2n) is 16.7. The van der Waals surface area contributed by atoms with Crippen molar-refractivity contribution >= 4 is 33.6 Å². The van der Waals surface area contributed by atoms with Crippen LogP contribution in [0.15, 0.2) is 77.7 Å². The number of halogens is 1. The zero-order valence-electron chi connectivity index (χ0n) is 32.1. The van der Waals surface area contributed by atoms with Gasteiger partial charge in [0.1, 0.15) is 29.2 Å². The fourth-order valence-electron chi connectivity index (χ4n) is 8.79. The first-order valence-corrected chi connectivity index (χ1v) is 21.7. The number of nitrogens with one attached hydrogen (secondary N) is 1. The average Bonchev–Trinajstić information content (AvgIpc) is 3.38. The Balaban J connectivity index is 1.07. The molecule has 2 amide bonds. The number of piperidine rings is 2. The number of rotatable bonds is 10. The number of sulfonamides is 1. The second kappa shape index (κ2) is 16.7. The van der Waals surface area contributed by atoms with Crippen molar-refractivity contribution in [2.24, 2.45) is 17.8 Å². The van der Waals surface area contributed by atoms with Crippen molar-refractivity contribution < 1.29 is 32.2 Å². The Morgan fingerprint density at radius 2 is 1.40 bits per heavy atom. The van der Waals surface area contributed by atoms with Crippen LogP contribution in [0, 0.1) is 17.8 Å². The number of amides is 2. The molecule has 0 aromatic heterocycles. The number of benzene rings is 3. The molecule has 12 heteroatoms. The summed E-state index contributed by atoms with van der Waals surface area (Å²) in [5.74, 6) is 1.70. The highest BCUT2D eigenvalue weighted by Gasteiger charge is 2.48. The zero-order chi connectivity index (χ0) is 38.7. The van der Waals surface area contributed by atoms with Gasteiger partial charge in [0.15, 0.2) is 0 Å². The van der Waals surface area contributed by atoms with Crippen LogP contribution >= 0.6 is 11.6 Å². The number of hydrogen-bond donors (Lipinski definition) is 1. The normalized spacial score (nSPS) is 24.9. The molecule has 10 nitrogen and oxygen atoms in total. The number of ether oxygens (including phenoxy) is 3. The van der Waals surface area contributed by atoms with Gasteiger partial charge in [-0.05, 0) is 130 Å². The molecular formula is C43H54ClN3O7S. The lowest BCUT2D eigenvalue weighted by atomic mass is 9.90. The van der Waals surface area contributed by atoms with Gasteiger partial charge in [-0.2, -0.15) is 4.31 Å². The highest BCUT2D eigenvalue weighted by molar-refractivity contribution is 7.89. The third kappa shape index (κ3) is 9.60. The van der Waals surface area contributed by atoms with Crippen molar-refractivity contribution in [1.82, 2.24) is 14.5 Å². The van der Waals surface area contributed by atoms with Gasteiger partial charge in [0.2, 0.25) is 15.9 Å². The lowest BCUT2D eigenvalue weighted by molar-refractivity contribution is -0.140. The molecule has 0 radical (unpaired) electrons. The van der Waals surface area contributed by atoms with Crippen LogP contribution in [0.3, 0.4) is 0 Å². The van der Waals surface area contributed by atoms with Crippen LogP contribution in [0.1, 0.15) is 78.6 Å². The van der Waals surface area contributed by atoms with E-state index in [-0.39, 0.29) is 47.7 Å². The molecule has 3 aromatic rings. The van der Waals surface area contributed by atoms with Crippen LogP contribution in [-0.2, 0) is 19.6 Å². The molecular weight excluding hydrogens is 738 g/mol. The maximum atomic E-state index is 14.6. The molecule has 7 rings (SSSR count). The number of carbonyl (C=O) groups excluding carboxylic acids is 2. The van der Waals surface area contributed by atoms with Gasteiger partial charge in [-0.1, -0.05) is 55.1 Å². The van der Waals surface area contributed by atoms with E-state index in [1.54, 1.807) is 24.3 Å². The van der Waals surface area contributed by atoms with Crippen molar-refractivity contribution in [3.05, 3.63) is 77.8 Å². The number of fused-ring (bicyclic) bond motifs is 2. The van der Waals surface area contributed by atoms with Gasteiger partial charge in [0, 0.05) is 37.1 Å². The minimum atomic E-state index is -4.05. The number of hydrogen-bond acceptors (Lipinski definition) is 7. The molecule has 4 atom stereocenters. The first-order chi connectivity index (χ1) is 26.3. The fourth-order valence-corrected chi connectivity index (χ4v) is 10.5. The SMILES string of the molecule is CC(C)(C)OC(=O)NC1C2CCC1CN(C(=O)[C@@H]1C[C@H](Oc3ccc(-c4ccc(Cl)cc4)cc3)CCN1S(=O)(=O)c1ccc(OCC3CCCCC3)cc1)C2. The van der Waals surface area contributed by atoms with E-state index in [1.807, 2.05) is 74.2 Å². The Hall–Kier alpha value is -3.80. The van der Waals surface area contributed by atoms with Crippen LogP contribution in [0.4, 0.5) is 4.79 Å². The van der Waals surface area contributed by atoms with Crippen molar-refractivity contribution in [2.75, 3.05) is 26.2 Å². The van der Waals surface area contributed by atoms with Crippen molar-refractivity contribution in [3.63, 3.8) is 0 Å². The first-order valence-electron chi connectivity index (χ1n) is 19.9. The van der Waals surface area contributed by atoms with Crippen molar-refractivity contribution in [2.45, 2.75) is 107 Å². The Morgan fingerprint density at radius 1 is 0.800 bits per heavy atom. The third-order valence-corrected chi connectivity index (χ3v) is 13.8. The number of likely N-dealkylation sites (tertiary alicyclic amines) is 1. The third-order valence-electron chi connectivity index (χ3n) is 11.6. The van der Waals surface area contributed by atoms with Crippen LogP contribution in [-0.4, -0.2) is 79.7 Å². The summed E-state index contributed by atoms with van der Waals surface area (Å²) in [7, 11) is -4.05. The van der Waals surface area contributed by atoms with Crippen LogP contribution in [0.5, 0.6) is 11.5 Å². The smallest absolute Gasteiger partial charge is 0.407 e. The second-order valence-corrected chi connectivity index (χ2v) is 19.1. The standard InChI is InChI=1S/C43H54ClN3O7S/c1-43(2,3)54-42(49)45-40-32-9-10-33(40)27-46(26-32)41(48)39-25-37(53-36-17-13-31(14-18-36)30-11-15-34(44)16-12-30)23-24-47(39)55(50,51)38-21-19-35(20-22-38)52-28-29-7-5-4-6-8-29/h11-22,29,32-33,37,39-40H,4-10,23-28H2,1-3H3,(H,45,49)/t32?,33?,37-,39+,40?/m1/s1. The van der Waals surface area contributed by atoms with Gasteiger partial charge in [0.05, 0.1) is 11.5 Å². The topological polar surface area (TPSA) is 114 Å². The summed E-state index contributed by atoms with van der Waals surface area (Å²) >= 11 is 6.08. The number of nitrogens with zero attached hydrogens (tertiary/aromatic N) is 2. The number of carbonyl (C=O) groups is 2. The van der Waals surface area contributed by atoms with E-state index in [1.165, 1.54) is 23.6 Å². The summed E-state index contributed by atoms with van der Waals surface area (Å²) in [5.41, 5.74) is 1.43. The summed E-state index contributed by atoms with van der Waals surface area (Å²) in [6.45, 7) is 7.14. The molecule has 4 fully saturated rings. The molecule has 296 valence electrons. The Morgan fingerprint density at radius 3 is 2.02 bits per heavy atom. The van der Waals surface area contributed by atoms with E-state index in [0.717, 1.165) is 36.8 Å². The molecule has 55 heavy (non-hydrogen) atoms. The highest BCUT2D eigenvalue weighted by atomic mass is 35.5. The summed E-state index contributed by atoms with van der Waals surface area (Å²) < 4.78 is 48.2. The largest absolute Gasteiger partial charge is 0.493 e. The average molecular weight is 792 g/mol. The van der Waals surface area contributed by atoms with E-state index >= 15 is 0 Å². The predicted molar refractivity (Wildman–Crippen MR) is 213 cm³/mol. The van der Waals surface area contributed by atoms with Gasteiger partial charge >= 0.3 is 6.09 Å². The fraction of sp³-hybridized carbons (Fsp3) is 0.535. The van der Waals surface area contributed by atoms with Crippen LogP contribution < -0.4 is 14.8 Å². The van der Waals surface area contributed by atoms with E-state index in [2.05, 4.69) is 5.32 Å². The summed E-state index contributed by atoms with van der Waals surface area (Å²) in [6, 6.07) is 21.0. The van der Waals surface area contributed by atoms with Gasteiger partial charge in [-0.25, -0.2) is 13.2 Å². The summed E-state index contributed by atoms with van der Waals surface area (Å²) in [5, 5.41) is 3.75. The molecule has 2 saturated heterocycles. The molecule has 2 saturated carbocycles. The molecule has 2 bridgehead atoms. The van der Waals surface area contributed by atoms with E-state index in [9.17, 15) is 18.0 Å². The molecule has 1 N–H and O–H groups in total. The Kier molecular flexibility index (Phi) is 12.0. The first kappa shape index (κ1) is 39.4. The molecule has 2 aliphatic carbocycles. The lowest BCUT2D eigenvalue weighted by Crippen LogP contribution is -2.60. The van der Waals surface area contributed by atoms with Gasteiger partial charge < -0.3 is 24.4 Å². The van der Waals surface area contributed by atoms with Crippen LogP contribution in [0.25, 0.3) is 11.1 Å². The molecule has 2 heterocycles. The van der Waals surface area contributed by atoms with Gasteiger partial charge in [-0.3, -0.25) is 4.79 Å². The summed E-state index contributed by atoms with van der Waals surface area (Å²) in [6.07, 6.45) is 7.61. The van der Waals surface area contributed by atoms with Crippen LogP contribution in [0.2, 0.25) is 5.02 Å². The van der Waals surface area contributed by atoms with E-state index in [4.69, 9.17) is 25.8 Å². The Bertz CT molecular complexity index is 1880. The lowest BCUT2D eigenvalue weighted by Gasteiger charge is -2.43. The molecule has 3 aromatic carbocycles. The maximum Gasteiger partial charge on any atom is 0.407 e. The molecule has 2 aliphatic heterocycles. The minimum absolute atomic E-state index is 0.0521. The minimum Gasteiger partial charge on any atom is -0.493 e. The number of alkyl carbamates (subject to hydrolysis) is 1.